The molecule has 2 heterocycles. The molecule has 7 heteroatoms. The molecule has 0 aliphatic carbocycles. The minimum Gasteiger partial charge on any atom is -0.484 e. The molecular weight excluding hydrogens is 454 g/mol. The number of carbonyl (C=O) groups is 2. The molecule has 2 aromatic carbocycles. The monoisotopic (exact) mass is 493 g/mol. The van der Waals surface area contributed by atoms with Crippen LogP contribution in [0, 0.1) is 5.92 Å². The van der Waals surface area contributed by atoms with Gasteiger partial charge in [0.25, 0.3) is 11.8 Å². The molecule has 194 valence electrons. The third-order valence-electron chi connectivity index (χ3n) is 7.14. The van der Waals surface area contributed by atoms with Crippen LogP contribution in [0.3, 0.4) is 0 Å². The van der Waals surface area contributed by atoms with Crippen LogP contribution in [0.25, 0.3) is 0 Å². The molecule has 4 rings (SSSR count). The highest BCUT2D eigenvalue weighted by molar-refractivity contribution is 5.98. The summed E-state index contributed by atoms with van der Waals surface area (Å²) in [6.07, 6.45) is 7.33. The van der Waals surface area contributed by atoms with Gasteiger partial charge in [0.05, 0.1) is 0 Å². The standard InChI is InChI=1S/C29H39N3O4/c33-21-23-10-9-16-31(20-23)29(35)24-13-14-27-25(18-24)19-30-15-7-2-1-3-8-17-32(27)28(34)22-36-26-11-5-4-6-12-26/h4-6,11-14,18,23,30,33H,1-3,7-10,15-17,19-22H2. The Hall–Kier alpha value is -2.90. The number of piperidine rings is 1. The van der Waals surface area contributed by atoms with Crippen molar-refractivity contribution in [2.45, 2.75) is 51.5 Å². The SMILES string of the molecule is O=C(c1ccc2c(c1)CNCCCCCCCN2C(=O)COc1ccccc1)N1CCCC(CO)C1. The number of nitrogens with zero attached hydrogens (tertiary/aromatic N) is 2. The van der Waals surface area contributed by atoms with E-state index in [1.807, 2.05) is 58.3 Å². The predicted octanol–water partition coefficient (Wildman–Crippen LogP) is 4.00. The molecule has 0 bridgehead atoms. The Bertz CT molecular complexity index is 997. The van der Waals surface area contributed by atoms with Gasteiger partial charge in [-0.15, -0.1) is 0 Å². The molecule has 0 saturated carbocycles. The fourth-order valence-electron chi connectivity index (χ4n) is 5.10. The maximum Gasteiger partial charge on any atom is 0.264 e. The molecule has 36 heavy (non-hydrogen) atoms. The number of benzene rings is 2. The van der Waals surface area contributed by atoms with Crippen LogP contribution in [0.5, 0.6) is 5.75 Å². The highest BCUT2D eigenvalue weighted by Crippen LogP contribution is 2.26. The fraction of sp³-hybridized carbons (Fsp3) is 0.517. The van der Waals surface area contributed by atoms with Gasteiger partial charge in [-0.25, -0.2) is 0 Å². The Morgan fingerprint density at radius 3 is 2.61 bits per heavy atom. The zero-order chi connectivity index (χ0) is 25.2. The average Bonchev–Trinajstić information content (AvgIpc) is 2.92. The van der Waals surface area contributed by atoms with E-state index in [0.717, 1.165) is 56.3 Å². The number of hydrogen-bond donors (Lipinski definition) is 2. The molecule has 2 amide bonds. The number of hydrogen-bond acceptors (Lipinski definition) is 5. The maximum atomic E-state index is 13.4. The van der Waals surface area contributed by atoms with E-state index in [9.17, 15) is 14.7 Å². The normalized spacial score (nSPS) is 19.5. The minimum absolute atomic E-state index is 0.00708. The second-order valence-corrected chi connectivity index (χ2v) is 9.88. The van der Waals surface area contributed by atoms with Gasteiger partial charge in [-0.05, 0) is 74.0 Å². The van der Waals surface area contributed by atoms with E-state index in [2.05, 4.69) is 5.32 Å². The zero-order valence-corrected chi connectivity index (χ0v) is 21.2. The average molecular weight is 494 g/mol. The largest absolute Gasteiger partial charge is 0.484 e. The van der Waals surface area contributed by atoms with E-state index in [0.29, 0.717) is 37.5 Å². The van der Waals surface area contributed by atoms with Crippen LogP contribution < -0.4 is 15.0 Å². The number of nitrogens with one attached hydrogen (secondary N) is 1. The van der Waals surface area contributed by atoms with Gasteiger partial charge in [0.2, 0.25) is 0 Å². The lowest BCUT2D eigenvalue weighted by molar-refractivity contribution is -0.120. The summed E-state index contributed by atoms with van der Waals surface area (Å²) in [5, 5.41) is 13.1. The molecule has 1 saturated heterocycles. The molecule has 7 nitrogen and oxygen atoms in total. The number of anilines is 1. The summed E-state index contributed by atoms with van der Waals surface area (Å²) >= 11 is 0. The van der Waals surface area contributed by atoms with Gasteiger partial charge in [-0.1, -0.05) is 37.5 Å². The number of para-hydroxylation sites is 1. The van der Waals surface area contributed by atoms with E-state index in [1.165, 1.54) is 6.42 Å². The van der Waals surface area contributed by atoms with Gasteiger partial charge in [0.1, 0.15) is 5.75 Å². The smallest absolute Gasteiger partial charge is 0.264 e. The van der Waals surface area contributed by atoms with Crippen molar-refractivity contribution in [3.05, 3.63) is 59.7 Å². The summed E-state index contributed by atoms with van der Waals surface area (Å²) in [4.78, 5) is 30.4. The number of aliphatic hydroxyl groups is 1. The first-order valence-corrected chi connectivity index (χ1v) is 13.4. The Morgan fingerprint density at radius 1 is 0.972 bits per heavy atom. The van der Waals surface area contributed by atoms with Gasteiger partial charge >= 0.3 is 0 Å². The maximum absolute atomic E-state index is 13.4. The van der Waals surface area contributed by atoms with Crippen LogP contribution in [-0.2, 0) is 11.3 Å². The van der Waals surface area contributed by atoms with Gasteiger partial charge in [-0.2, -0.15) is 0 Å². The second-order valence-electron chi connectivity index (χ2n) is 9.88. The lowest BCUT2D eigenvalue weighted by Crippen LogP contribution is -2.41. The van der Waals surface area contributed by atoms with Gasteiger partial charge in [-0.3, -0.25) is 9.59 Å². The predicted molar refractivity (Wildman–Crippen MR) is 141 cm³/mol. The number of aliphatic hydroxyl groups excluding tert-OH is 1. The Kier molecular flexibility index (Phi) is 9.76. The molecule has 2 aliphatic heterocycles. The topological polar surface area (TPSA) is 82.1 Å². The molecule has 1 atom stereocenters. The van der Waals surface area contributed by atoms with Crippen molar-refractivity contribution in [2.75, 3.05) is 44.3 Å². The number of amides is 2. The van der Waals surface area contributed by atoms with Crippen LogP contribution in [0.1, 0.15) is 60.9 Å². The second kappa shape index (κ2) is 13.4. The first kappa shape index (κ1) is 26.2. The summed E-state index contributed by atoms with van der Waals surface area (Å²) in [5.41, 5.74) is 2.42. The van der Waals surface area contributed by atoms with Crippen LogP contribution in [0.4, 0.5) is 5.69 Å². The zero-order valence-electron chi connectivity index (χ0n) is 21.2. The van der Waals surface area contributed by atoms with Crippen LogP contribution in [0.2, 0.25) is 0 Å². The molecule has 1 fully saturated rings. The van der Waals surface area contributed by atoms with E-state index in [-0.39, 0.29) is 30.9 Å². The first-order chi connectivity index (χ1) is 17.7. The minimum atomic E-state index is -0.0851. The van der Waals surface area contributed by atoms with E-state index in [4.69, 9.17) is 4.74 Å². The third kappa shape index (κ3) is 7.08. The number of likely N-dealkylation sites (tertiary alicyclic amines) is 1. The van der Waals surface area contributed by atoms with E-state index in [1.54, 1.807) is 0 Å². The summed E-state index contributed by atoms with van der Waals surface area (Å²) in [6, 6.07) is 15.1. The van der Waals surface area contributed by atoms with Crippen molar-refractivity contribution in [3.63, 3.8) is 0 Å². The molecule has 2 aliphatic rings. The highest BCUT2D eigenvalue weighted by Gasteiger charge is 2.26. The van der Waals surface area contributed by atoms with Crippen molar-refractivity contribution >= 4 is 17.5 Å². The Labute approximate surface area is 214 Å². The molecule has 0 spiro atoms. The first-order valence-electron chi connectivity index (χ1n) is 13.4. The summed E-state index contributed by atoms with van der Waals surface area (Å²) in [7, 11) is 0. The number of fused-ring (bicyclic) bond motifs is 1. The number of ether oxygens (including phenoxy) is 1. The Balaban J connectivity index is 1.56. The molecule has 2 aromatic rings. The lowest BCUT2D eigenvalue weighted by atomic mass is 9.97. The molecule has 1 unspecified atom stereocenters. The summed E-state index contributed by atoms with van der Waals surface area (Å²) in [6.45, 7) is 3.51. The Morgan fingerprint density at radius 2 is 1.78 bits per heavy atom. The van der Waals surface area contributed by atoms with Crippen LogP contribution >= 0.6 is 0 Å². The van der Waals surface area contributed by atoms with Crippen molar-refractivity contribution in [2.24, 2.45) is 5.92 Å². The van der Waals surface area contributed by atoms with Crippen molar-refractivity contribution in [1.82, 2.24) is 10.2 Å². The number of carbonyl (C=O) groups excluding carboxylic acids is 2. The third-order valence-corrected chi connectivity index (χ3v) is 7.14. The highest BCUT2D eigenvalue weighted by atomic mass is 16.5. The van der Waals surface area contributed by atoms with Gasteiger partial charge in [0, 0.05) is 44.0 Å². The fourth-order valence-corrected chi connectivity index (χ4v) is 5.10. The molecule has 2 N–H and O–H groups in total. The quantitative estimate of drug-likeness (QED) is 0.658. The van der Waals surface area contributed by atoms with Gasteiger partial charge < -0.3 is 25.0 Å². The van der Waals surface area contributed by atoms with Crippen molar-refractivity contribution in [1.29, 1.82) is 0 Å². The molecular formula is C29H39N3O4. The van der Waals surface area contributed by atoms with Crippen molar-refractivity contribution in [3.8, 4) is 5.75 Å². The van der Waals surface area contributed by atoms with Gasteiger partial charge in [0.15, 0.2) is 6.61 Å². The van der Waals surface area contributed by atoms with E-state index >= 15 is 0 Å². The summed E-state index contributed by atoms with van der Waals surface area (Å²) in [5.74, 6) is 0.725. The van der Waals surface area contributed by atoms with Crippen molar-refractivity contribution < 1.29 is 19.4 Å². The summed E-state index contributed by atoms with van der Waals surface area (Å²) < 4.78 is 5.78. The molecule has 0 radical (unpaired) electrons. The molecule has 0 aromatic heterocycles. The number of rotatable bonds is 5. The van der Waals surface area contributed by atoms with E-state index < -0.39 is 0 Å². The lowest BCUT2D eigenvalue weighted by Gasteiger charge is -2.32. The van der Waals surface area contributed by atoms with Crippen LogP contribution in [0.15, 0.2) is 48.5 Å². The van der Waals surface area contributed by atoms with Crippen LogP contribution in [-0.4, -0.2) is 61.2 Å².